The summed E-state index contributed by atoms with van der Waals surface area (Å²) in [7, 11) is -4.16. The molecular weight excluding hydrogens is 459 g/mol. The van der Waals surface area contributed by atoms with E-state index in [1.54, 1.807) is 18.2 Å². The van der Waals surface area contributed by atoms with E-state index in [1.165, 1.54) is 0 Å². The molecule has 12 heteroatoms. The SMILES string of the molecule is O=C(COC(=O)c1ccc(F)c(S(=O)(=O)N2CCOCC2)c1)Nc1ccc2c(c1)OCCO2. The topological polar surface area (TPSA) is 120 Å². The van der Waals surface area contributed by atoms with Gasteiger partial charge in [0.2, 0.25) is 10.0 Å². The summed E-state index contributed by atoms with van der Waals surface area (Å²) in [5.74, 6) is -1.54. The molecule has 0 aromatic heterocycles. The van der Waals surface area contributed by atoms with Gasteiger partial charge in [0.15, 0.2) is 18.1 Å². The predicted molar refractivity (Wildman–Crippen MR) is 112 cm³/mol. The summed E-state index contributed by atoms with van der Waals surface area (Å²) in [5, 5.41) is 2.56. The fourth-order valence-corrected chi connectivity index (χ4v) is 4.78. The maximum Gasteiger partial charge on any atom is 0.338 e. The summed E-state index contributed by atoms with van der Waals surface area (Å²) >= 11 is 0. The molecule has 0 saturated carbocycles. The van der Waals surface area contributed by atoms with Crippen LogP contribution in [0.25, 0.3) is 0 Å². The lowest BCUT2D eigenvalue weighted by Crippen LogP contribution is -2.41. The maximum absolute atomic E-state index is 14.3. The number of fused-ring (bicyclic) bond motifs is 1. The smallest absolute Gasteiger partial charge is 0.338 e. The Hall–Kier alpha value is -3.22. The number of carbonyl (C=O) groups is 2. The lowest BCUT2D eigenvalue weighted by molar-refractivity contribution is -0.119. The first-order valence-electron chi connectivity index (χ1n) is 10.1. The number of benzene rings is 2. The lowest BCUT2D eigenvalue weighted by atomic mass is 10.2. The van der Waals surface area contributed by atoms with E-state index in [0.717, 1.165) is 22.5 Å². The number of anilines is 1. The second kappa shape index (κ2) is 9.73. The Morgan fingerprint density at radius 3 is 2.48 bits per heavy atom. The highest BCUT2D eigenvalue weighted by Gasteiger charge is 2.30. The zero-order chi connectivity index (χ0) is 23.4. The molecule has 10 nitrogen and oxygen atoms in total. The highest BCUT2D eigenvalue weighted by atomic mass is 32.2. The van der Waals surface area contributed by atoms with Gasteiger partial charge < -0.3 is 24.3 Å². The van der Waals surface area contributed by atoms with Gasteiger partial charge in [-0.05, 0) is 30.3 Å². The zero-order valence-electron chi connectivity index (χ0n) is 17.4. The summed E-state index contributed by atoms with van der Waals surface area (Å²) < 4.78 is 61.8. The van der Waals surface area contributed by atoms with Gasteiger partial charge >= 0.3 is 5.97 Å². The van der Waals surface area contributed by atoms with Crippen molar-refractivity contribution >= 4 is 27.6 Å². The van der Waals surface area contributed by atoms with Crippen LogP contribution in [0, 0.1) is 5.82 Å². The van der Waals surface area contributed by atoms with Gasteiger partial charge in [0.05, 0.1) is 18.8 Å². The maximum atomic E-state index is 14.3. The lowest BCUT2D eigenvalue weighted by Gasteiger charge is -2.26. The van der Waals surface area contributed by atoms with E-state index in [-0.39, 0.29) is 31.9 Å². The summed E-state index contributed by atoms with van der Waals surface area (Å²) in [6.45, 7) is 0.752. The van der Waals surface area contributed by atoms with Gasteiger partial charge in [0.1, 0.15) is 23.9 Å². The molecule has 2 aliphatic rings. The second-order valence-corrected chi connectivity index (χ2v) is 9.05. The number of hydrogen-bond donors (Lipinski definition) is 1. The monoisotopic (exact) mass is 480 g/mol. The minimum atomic E-state index is -4.16. The molecule has 2 aliphatic heterocycles. The number of nitrogens with one attached hydrogen (secondary N) is 1. The highest BCUT2D eigenvalue weighted by Crippen LogP contribution is 2.32. The number of amides is 1. The molecule has 0 radical (unpaired) electrons. The van der Waals surface area contributed by atoms with Crippen LogP contribution in [0.1, 0.15) is 10.4 Å². The molecular formula is C21H21FN2O8S. The Balaban J connectivity index is 1.39. The molecule has 2 aromatic carbocycles. The molecule has 0 aliphatic carbocycles. The molecule has 2 heterocycles. The number of sulfonamides is 1. The molecule has 1 saturated heterocycles. The van der Waals surface area contributed by atoms with Crippen LogP contribution < -0.4 is 14.8 Å². The van der Waals surface area contributed by atoms with Crippen LogP contribution in [0.4, 0.5) is 10.1 Å². The van der Waals surface area contributed by atoms with Gasteiger partial charge in [-0.15, -0.1) is 0 Å². The van der Waals surface area contributed by atoms with Gasteiger partial charge in [-0.3, -0.25) is 4.79 Å². The Kier molecular flexibility index (Phi) is 6.77. The predicted octanol–water partition coefficient (Wildman–Crippen LogP) is 1.41. The summed E-state index contributed by atoms with van der Waals surface area (Å²) in [4.78, 5) is 23.9. The third-order valence-electron chi connectivity index (χ3n) is 4.92. The molecule has 4 rings (SSSR count). The Labute approximate surface area is 189 Å². The van der Waals surface area contributed by atoms with Crippen molar-refractivity contribution in [2.24, 2.45) is 0 Å². The van der Waals surface area contributed by atoms with E-state index in [1.807, 2.05) is 0 Å². The van der Waals surface area contributed by atoms with E-state index in [4.69, 9.17) is 18.9 Å². The Morgan fingerprint density at radius 1 is 1.00 bits per heavy atom. The largest absolute Gasteiger partial charge is 0.486 e. The average molecular weight is 480 g/mol. The van der Waals surface area contributed by atoms with Gasteiger partial charge in [0, 0.05) is 24.8 Å². The summed E-state index contributed by atoms with van der Waals surface area (Å²) in [5.41, 5.74) is 0.219. The molecule has 33 heavy (non-hydrogen) atoms. The summed E-state index contributed by atoms with van der Waals surface area (Å²) in [6.07, 6.45) is 0. The van der Waals surface area contributed by atoms with E-state index >= 15 is 0 Å². The average Bonchev–Trinajstić information content (AvgIpc) is 2.83. The molecule has 2 aromatic rings. The van der Waals surface area contributed by atoms with Gasteiger partial charge in [-0.1, -0.05) is 0 Å². The van der Waals surface area contributed by atoms with Crippen molar-refractivity contribution in [3.05, 3.63) is 47.8 Å². The van der Waals surface area contributed by atoms with E-state index in [0.29, 0.717) is 30.4 Å². The van der Waals surface area contributed by atoms with Crippen LogP contribution in [0.3, 0.4) is 0 Å². The number of hydrogen-bond acceptors (Lipinski definition) is 8. The van der Waals surface area contributed by atoms with Crippen molar-refractivity contribution in [1.29, 1.82) is 0 Å². The van der Waals surface area contributed by atoms with Gasteiger partial charge in [-0.25, -0.2) is 17.6 Å². The van der Waals surface area contributed by atoms with Gasteiger partial charge in [-0.2, -0.15) is 4.31 Å². The Bertz CT molecular complexity index is 1160. The van der Waals surface area contributed by atoms with Crippen molar-refractivity contribution in [3.63, 3.8) is 0 Å². The van der Waals surface area contributed by atoms with Crippen LogP contribution in [-0.2, 0) is 24.3 Å². The van der Waals surface area contributed by atoms with Crippen LogP contribution >= 0.6 is 0 Å². The zero-order valence-corrected chi connectivity index (χ0v) is 18.2. The number of morpholine rings is 1. The number of nitrogens with zero attached hydrogens (tertiary/aromatic N) is 1. The fraction of sp³-hybridized carbons (Fsp3) is 0.333. The highest BCUT2D eigenvalue weighted by molar-refractivity contribution is 7.89. The minimum Gasteiger partial charge on any atom is -0.486 e. The molecule has 1 amide bonds. The van der Waals surface area contributed by atoms with E-state index in [2.05, 4.69) is 5.32 Å². The number of esters is 1. The molecule has 1 N–H and O–H groups in total. The van der Waals surface area contributed by atoms with E-state index < -0.39 is 39.2 Å². The van der Waals surface area contributed by atoms with Crippen molar-refractivity contribution in [2.45, 2.75) is 4.90 Å². The van der Waals surface area contributed by atoms with Crippen molar-refractivity contribution in [2.75, 3.05) is 51.4 Å². The van der Waals surface area contributed by atoms with Crippen LogP contribution in [0.2, 0.25) is 0 Å². The normalized spacial score (nSPS) is 16.2. The molecule has 176 valence electrons. The van der Waals surface area contributed by atoms with Crippen LogP contribution in [-0.4, -0.2) is 70.7 Å². The quantitative estimate of drug-likeness (QED) is 0.617. The molecule has 0 unspecified atom stereocenters. The van der Waals surface area contributed by atoms with Crippen LogP contribution in [0.15, 0.2) is 41.3 Å². The first-order valence-corrected chi connectivity index (χ1v) is 11.5. The Morgan fingerprint density at radius 2 is 1.73 bits per heavy atom. The number of rotatable bonds is 6. The summed E-state index contributed by atoms with van der Waals surface area (Å²) in [6, 6.07) is 7.70. The van der Waals surface area contributed by atoms with Crippen molar-refractivity contribution in [1.82, 2.24) is 4.31 Å². The number of ether oxygens (including phenoxy) is 4. The van der Waals surface area contributed by atoms with Crippen molar-refractivity contribution < 1.29 is 41.3 Å². The van der Waals surface area contributed by atoms with Gasteiger partial charge in [0.25, 0.3) is 5.91 Å². The minimum absolute atomic E-state index is 0.0798. The first-order chi connectivity index (χ1) is 15.8. The number of halogens is 1. The second-order valence-electron chi connectivity index (χ2n) is 7.14. The first kappa shape index (κ1) is 23.0. The molecule has 0 spiro atoms. The van der Waals surface area contributed by atoms with E-state index in [9.17, 15) is 22.4 Å². The molecule has 0 bridgehead atoms. The van der Waals surface area contributed by atoms with Crippen molar-refractivity contribution in [3.8, 4) is 11.5 Å². The standard InChI is InChI=1S/C21H21FN2O8S/c22-16-3-1-14(11-19(16)33(27,28)24-5-7-29-8-6-24)21(26)32-13-20(25)23-15-2-4-17-18(12-15)31-10-9-30-17/h1-4,11-12H,5-10,13H2,(H,23,25). The third kappa shape index (κ3) is 5.24. The molecule has 1 fully saturated rings. The molecule has 0 atom stereocenters. The third-order valence-corrected chi connectivity index (χ3v) is 6.83. The number of carbonyl (C=O) groups excluding carboxylic acids is 2. The fourth-order valence-electron chi connectivity index (χ4n) is 3.29. The van der Waals surface area contributed by atoms with Crippen LogP contribution in [0.5, 0.6) is 11.5 Å².